The van der Waals surface area contributed by atoms with Gasteiger partial charge in [-0.25, -0.2) is 9.67 Å². The minimum Gasteiger partial charge on any atom is -0.497 e. The van der Waals surface area contributed by atoms with E-state index in [0.29, 0.717) is 25.5 Å². The smallest absolute Gasteiger partial charge is 0.240 e. The summed E-state index contributed by atoms with van der Waals surface area (Å²) < 4.78 is 13.2. The summed E-state index contributed by atoms with van der Waals surface area (Å²) in [5, 5.41) is 9.13. The highest BCUT2D eigenvalue weighted by atomic mass is 16.5. The van der Waals surface area contributed by atoms with E-state index in [9.17, 15) is 4.79 Å². The van der Waals surface area contributed by atoms with Crippen molar-refractivity contribution in [1.29, 1.82) is 0 Å². The van der Waals surface area contributed by atoms with E-state index in [1.165, 1.54) is 0 Å². The van der Waals surface area contributed by atoms with Crippen LogP contribution < -0.4 is 25.4 Å². The molecule has 208 valence electrons. The van der Waals surface area contributed by atoms with E-state index in [2.05, 4.69) is 31.3 Å². The number of rotatable bonds is 7. The maximum Gasteiger partial charge on any atom is 0.240 e. The molecule has 1 fully saturated rings. The molecule has 2 aliphatic heterocycles. The Labute approximate surface area is 236 Å². The van der Waals surface area contributed by atoms with Crippen LogP contribution in [0.2, 0.25) is 0 Å². The van der Waals surface area contributed by atoms with Gasteiger partial charge in [-0.2, -0.15) is 5.10 Å². The van der Waals surface area contributed by atoms with E-state index in [4.69, 9.17) is 20.2 Å². The van der Waals surface area contributed by atoms with Gasteiger partial charge in [0, 0.05) is 36.6 Å². The van der Waals surface area contributed by atoms with Crippen molar-refractivity contribution in [2.75, 3.05) is 37.0 Å². The Morgan fingerprint density at radius 1 is 1.17 bits per heavy atom. The standard InChI is InChI=1S/C30H30N8O3/c1-40-21-7-4-18(5-8-21)16-37-17-34-30(36-37)19-6-9-22(33-15-19)27-28-26-23(35-27)13-20(14-25(26)41-12-10-32-28)38-11-2-3-24(38)29(31)39/h4-9,13-15,17,24,32,35H,2-3,10-12,16H2,1H3,(H2,31,39)/t24-/m0/s1. The lowest BCUT2D eigenvalue weighted by molar-refractivity contribution is -0.119. The van der Waals surface area contributed by atoms with Crippen LogP contribution in [0.15, 0.2) is 61.1 Å². The topological polar surface area (TPSA) is 136 Å². The van der Waals surface area contributed by atoms with Gasteiger partial charge < -0.3 is 30.4 Å². The molecule has 1 saturated heterocycles. The van der Waals surface area contributed by atoms with Crippen LogP contribution in [0.5, 0.6) is 11.5 Å². The number of nitrogens with one attached hydrogen (secondary N) is 2. The van der Waals surface area contributed by atoms with Crippen LogP contribution in [-0.4, -0.2) is 63.5 Å². The third-order valence-corrected chi connectivity index (χ3v) is 7.74. The number of anilines is 2. The molecule has 1 amide bonds. The minimum absolute atomic E-state index is 0.298. The van der Waals surface area contributed by atoms with E-state index in [-0.39, 0.29) is 11.9 Å². The molecule has 11 nitrogen and oxygen atoms in total. The predicted octanol–water partition coefficient (Wildman–Crippen LogP) is 3.80. The molecule has 2 aromatic carbocycles. The van der Waals surface area contributed by atoms with Crippen molar-refractivity contribution in [3.63, 3.8) is 0 Å². The number of pyridine rings is 1. The number of aromatic nitrogens is 5. The number of benzene rings is 2. The number of nitrogens with zero attached hydrogens (tertiary/aromatic N) is 5. The van der Waals surface area contributed by atoms with E-state index < -0.39 is 0 Å². The number of amides is 1. The molecule has 3 aromatic heterocycles. The van der Waals surface area contributed by atoms with Gasteiger partial charge in [-0.15, -0.1) is 0 Å². The Hall–Kier alpha value is -5.06. The van der Waals surface area contributed by atoms with Crippen LogP contribution in [0.25, 0.3) is 33.7 Å². The molecular weight excluding hydrogens is 520 g/mol. The molecule has 41 heavy (non-hydrogen) atoms. The summed E-state index contributed by atoms with van der Waals surface area (Å²) in [5.41, 5.74) is 12.1. The van der Waals surface area contributed by atoms with Gasteiger partial charge in [0.1, 0.15) is 30.5 Å². The molecule has 1 atom stereocenters. The first-order chi connectivity index (χ1) is 20.1. The molecule has 4 N–H and O–H groups in total. The van der Waals surface area contributed by atoms with Crippen LogP contribution >= 0.6 is 0 Å². The van der Waals surface area contributed by atoms with Crippen molar-refractivity contribution in [2.24, 2.45) is 5.73 Å². The third-order valence-electron chi connectivity index (χ3n) is 7.74. The highest BCUT2D eigenvalue weighted by molar-refractivity contribution is 6.06. The van der Waals surface area contributed by atoms with Gasteiger partial charge in [-0.1, -0.05) is 12.1 Å². The van der Waals surface area contributed by atoms with Crippen LogP contribution in [0.3, 0.4) is 0 Å². The number of H-pyrrole nitrogens is 1. The number of hydrogen-bond donors (Lipinski definition) is 3. The lowest BCUT2D eigenvalue weighted by Crippen LogP contribution is -2.40. The maximum atomic E-state index is 12.1. The second-order valence-electron chi connectivity index (χ2n) is 10.3. The Morgan fingerprint density at radius 2 is 2.05 bits per heavy atom. The number of carbonyl (C=O) groups is 1. The molecule has 2 aliphatic rings. The van der Waals surface area contributed by atoms with Crippen LogP contribution in [0.4, 0.5) is 11.4 Å². The van der Waals surface area contributed by atoms with Gasteiger partial charge in [0.05, 0.1) is 41.6 Å². The first-order valence-corrected chi connectivity index (χ1v) is 13.7. The maximum absolute atomic E-state index is 12.1. The molecule has 5 heterocycles. The average molecular weight is 551 g/mol. The molecule has 7 rings (SSSR count). The quantitative estimate of drug-likeness (QED) is 0.278. The molecular formula is C30H30N8O3. The Kier molecular flexibility index (Phi) is 6.18. The zero-order valence-electron chi connectivity index (χ0n) is 22.6. The molecule has 11 heteroatoms. The highest BCUT2D eigenvalue weighted by Crippen LogP contribution is 2.44. The normalized spacial score (nSPS) is 16.3. The van der Waals surface area contributed by atoms with Crippen molar-refractivity contribution >= 4 is 28.2 Å². The van der Waals surface area contributed by atoms with E-state index in [1.54, 1.807) is 19.6 Å². The zero-order valence-corrected chi connectivity index (χ0v) is 22.6. The summed E-state index contributed by atoms with van der Waals surface area (Å²) in [6, 6.07) is 15.6. The zero-order chi connectivity index (χ0) is 27.9. The fourth-order valence-corrected chi connectivity index (χ4v) is 5.73. The largest absolute Gasteiger partial charge is 0.497 e. The van der Waals surface area contributed by atoms with Crippen molar-refractivity contribution in [3.05, 3.63) is 66.6 Å². The summed E-state index contributed by atoms with van der Waals surface area (Å²) in [6.07, 6.45) is 5.21. The number of hydrogen-bond acceptors (Lipinski definition) is 8. The van der Waals surface area contributed by atoms with Gasteiger partial charge >= 0.3 is 0 Å². The van der Waals surface area contributed by atoms with Gasteiger partial charge in [-0.3, -0.25) is 9.78 Å². The SMILES string of the molecule is COc1ccc(Cn2cnc(-c3ccc(-c4[nH]c5cc(N6CCC[C@H]6C(N)=O)cc6c5c4NCCO6)nc3)n2)cc1. The number of aromatic amines is 1. The highest BCUT2D eigenvalue weighted by Gasteiger charge is 2.31. The second-order valence-corrected chi connectivity index (χ2v) is 10.3. The predicted molar refractivity (Wildman–Crippen MR) is 156 cm³/mol. The number of nitrogens with two attached hydrogens (primary N) is 1. The lowest BCUT2D eigenvalue weighted by atomic mass is 10.1. The second kappa shape index (κ2) is 10.2. The summed E-state index contributed by atoms with van der Waals surface area (Å²) >= 11 is 0. The Morgan fingerprint density at radius 3 is 2.83 bits per heavy atom. The summed E-state index contributed by atoms with van der Waals surface area (Å²) in [7, 11) is 1.66. The molecule has 0 saturated carbocycles. The number of primary amides is 1. The van der Waals surface area contributed by atoms with E-state index in [0.717, 1.165) is 75.7 Å². The molecule has 0 bridgehead atoms. The number of ether oxygens (including phenoxy) is 2. The van der Waals surface area contributed by atoms with Gasteiger partial charge in [0.15, 0.2) is 5.82 Å². The van der Waals surface area contributed by atoms with Crippen molar-refractivity contribution in [2.45, 2.75) is 25.4 Å². The Bertz CT molecular complexity index is 1730. The lowest BCUT2D eigenvalue weighted by Gasteiger charge is -2.25. The van der Waals surface area contributed by atoms with E-state index in [1.807, 2.05) is 47.1 Å². The summed E-state index contributed by atoms with van der Waals surface area (Å²) in [6.45, 7) is 2.58. The molecule has 0 spiro atoms. The van der Waals surface area contributed by atoms with Crippen molar-refractivity contribution < 1.29 is 14.3 Å². The Balaban J connectivity index is 1.18. The van der Waals surface area contributed by atoms with Crippen molar-refractivity contribution in [1.82, 2.24) is 24.7 Å². The third kappa shape index (κ3) is 4.58. The minimum atomic E-state index is -0.306. The monoisotopic (exact) mass is 550 g/mol. The van der Waals surface area contributed by atoms with Crippen molar-refractivity contribution in [3.8, 4) is 34.3 Å². The van der Waals surface area contributed by atoms with Gasteiger partial charge in [0.25, 0.3) is 0 Å². The van der Waals surface area contributed by atoms with E-state index >= 15 is 0 Å². The number of methoxy groups -OCH3 is 1. The first kappa shape index (κ1) is 24.9. The molecule has 5 aromatic rings. The van der Waals surface area contributed by atoms with Crippen LogP contribution in [0.1, 0.15) is 18.4 Å². The summed E-state index contributed by atoms with van der Waals surface area (Å²) in [4.78, 5) is 27.0. The molecule has 0 aliphatic carbocycles. The first-order valence-electron chi connectivity index (χ1n) is 13.7. The number of carbonyl (C=O) groups excluding carboxylic acids is 1. The summed E-state index contributed by atoms with van der Waals surface area (Å²) in [5.74, 6) is 1.91. The van der Waals surface area contributed by atoms with Crippen LogP contribution in [-0.2, 0) is 11.3 Å². The fraction of sp³-hybridized carbons (Fsp3) is 0.267. The van der Waals surface area contributed by atoms with Gasteiger partial charge in [-0.05, 0) is 48.7 Å². The molecule has 0 unspecified atom stereocenters. The van der Waals surface area contributed by atoms with Gasteiger partial charge in [0.2, 0.25) is 5.91 Å². The fourth-order valence-electron chi connectivity index (χ4n) is 5.73. The average Bonchev–Trinajstić information content (AvgIpc) is 3.72. The molecule has 0 radical (unpaired) electrons. The van der Waals surface area contributed by atoms with Crippen LogP contribution in [0, 0.1) is 0 Å².